The molecule has 2 rings (SSSR count). The highest BCUT2D eigenvalue weighted by Crippen LogP contribution is 2.08. The highest BCUT2D eigenvalue weighted by atomic mass is 19.2. The fourth-order valence-corrected chi connectivity index (χ4v) is 1.31. The normalized spacial score (nSPS) is 10.2. The number of pyridine rings is 1. The summed E-state index contributed by atoms with van der Waals surface area (Å²) in [6, 6.07) is 4.50. The maximum atomic E-state index is 13.3. The second-order valence-corrected chi connectivity index (χ2v) is 3.41. The molecule has 0 atom stereocenters. The van der Waals surface area contributed by atoms with Crippen molar-refractivity contribution in [3.8, 4) is 5.75 Å². The van der Waals surface area contributed by atoms with E-state index in [1.165, 1.54) is 6.20 Å². The molecule has 0 aliphatic carbocycles. The van der Waals surface area contributed by atoms with Gasteiger partial charge < -0.3 is 4.74 Å². The van der Waals surface area contributed by atoms with E-state index >= 15 is 0 Å². The zero-order chi connectivity index (χ0) is 12.3. The summed E-state index contributed by atoms with van der Waals surface area (Å²) in [6.07, 6.45) is 3.10. The molecule has 0 aliphatic heterocycles. The molecule has 6 heteroatoms. The van der Waals surface area contributed by atoms with E-state index < -0.39 is 5.56 Å². The molecule has 0 unspecified atom stereocenters. The molecule has 0 N–H and O–H groups in total. The summed E-state index contributed by atoms with van der Waals surface area (Å²) < 4.78 is 18.6. The van der Waals surface area contributed by atoms with Crippen LogP contribution >= 0.6 is 0 Å². The molecule has 0 fully saturated rings. The van der Waals surface area contributed by atoms with Gasteiger partial charge in [-0.25, -0.2) is 4.98 Å². The summed E-state index contributed by atoms with van der Waals surface area (Å²) in [4.78, 5) is 18.9. The predicted molar refractivity (Wildman–Crippen MR) is 58.3 cm³/mol. The van der Waals surface area contributed by atoms with E-state index in [-0.39, 0.29) is 17.2 Å². The van der Waals surface area contributed by atoms with E-state index in [1.807, 2.05) is 0 Å². The molecule has 0 aliphatic rings. The van der Waals surface area contributed by atoms with E-state index in [2.05, 4.69) is 9.97 Å². The third kappa shape index (κ3) is 2.66. The van der Waals surface area contributed by atoms with Gasteiger partial charge in [-0.1, -0.05) is 4.48 Å². The molecule has 0 aromatic carbocycles. The average Bonchev–Trinajstić information content (AvgIpc) is 2.33. The van der Waals surface area contributed by atoms with Gasteiger partial charge in [0.25, 0.3) is 5.56 Å². The first-order chi connectivity index (χ1) is 8.16. The topological polar surface area (TPSA) is 57.0 Å². The second-order valence-electron chi connectivity index (χ2n) is 3.41. The Balaban J connectivity index is 2.17. The summed E-state index contributed by atoms with van der Waals surface area (Å²) >= 11 is 0. The van der Waals surface area contributed by atoms with Gasteiger partial charge in [0, 0.05) is 18.0 Å². The maximum Gasteiger partial charge on any atom is 0.282 e. The molecule has 0 radical (unpaired) electrons. The van der Waals surface area contributed by atoms with Crippen LogP contribution in [0.15, 0.2) is 35.4 Å². The minimum Gasteiger partial charge on any atom is -0.484 e. The highest BCUT2D eigenvalue weighted by molar-refractivity contribution is 5.15. The fraction of sp³-hybridized carbons (Fsp3) is 0.182. The van der Waals surface area contributed by atoms with Crippen LogP contribution in [0.25, 0.3) is 0 Å². The molecule has 2 aromatic rings. The number of aryl methyl sites for hydroxylation is 1. The van der Waals surface area contributed by atoms with E-state index in [1.54, 1.807) is 25.3 Å². The SMILES string of the molecule is Cc1cc(=O)n(F)c(COc2cccnc2)n1. The quantitative estimate of drug-likeness (QED) is 0.803. The van der Waals surface area contributed by atoms with Crippen LogP contribution < -0.4 is 10.3 Å². The molecule has 0 bridgehead atoms. The first-order valence-corrected chi connectivity index (χ1v) is 4.95. The molecular formula is C11H10FN3O2. The molecule has 0 saturated carbocycles. The van der Waals surface area contributed by atoms with Gasteiger partial charge in [-0.3, -0.25) is 9.78 Å². The smallest absolute Gasteiger partial charge is 0.282 e. The molecule has 88 valence electrons. The Morgan fingerprint density at radius 1 is 1.53 bits per heavy atom. The molecule has 2 heterocycles. The Morgan fingerprint density at radius 2 is 2.35 bits per heavy atom. The minimum atomic E-state index is -0.748. The zero-order valence-corrected chi connectivity index (χ0v) is 9.13. The monoisotopic (exact) mass is 235 g/mol. The van der Waals surface area contributed by atoms with Crippen molar-refractivity contribution < 1.29 is 9.22 Å². The van der Waals surface area contributed by atoms with E-state index in [9.17, 15) is 9.28 Å². The molecule has 5 nitrogen and oxygen atoms in total. The van der Waals surface area contributed by atoms with Gasteiger partial charge in [-0.15, -0.1) is 4.79 Å². The van der Waals surface area contributed by atoms with Crippen LogP contribution in [-0.4, -0.2) is 14.8 Å². The number of hydrogen-bond donors (Lipinski definition) is 0. The number of halogens is 1. The van der Waals surface area contributed by atoms with Crippen molar-refractivity contribution in [2.45, 2.75) is 13.5 Å². The van der Waals surface area contributed by atoms with Crippen molar-refractivity contribution in [2.75, 3.05) is 0 Å². The Morgan fingerprint density at radius 3 is 3.06 bits per heavy atom. The van der Waals surface area contributed by atoms with Crippen LogP contribution in [0.4, 0.5) is 4.48 Å². The maximum absolute atomic E-state index is 13.3. The van der Waals surface area contributed by atoms with Crippen molar-refractivity contribution in [3.63, 3.8) is 0 Å². The van der Waals surface area contributed by atoms with Crippen LogP contribution in [0.5, 0.6) is 5.75 Å². The zero-order valence-electron chi connectivity index (χ0n) is 9.13. The molecule has 17 heavy (non-hydrogen) atoms. The largest absolute Gasteiger partial charge is 0.484 e. The van der Waals surface area contributed by atoms with E-state index in [0.717, 1.165) is 6.07 Å². The van der Waals surface area contributed by atoms with Crippen LogP contribution in [0.3, 0.4) is 0 Å². The van der Waals surface area contributed by atoms with Crippen molar-refractivity contribution in [1.82, 2.24) is 14.8 Å². The van der Waals surface area contributed by atoms with Crippen LogP contribution in [0.2, 0.25) is 0 Å². The van der Waals surface area contributed by atoms with Crippen LogP contribution in [-0.2, 0) is 6.61 Å². The van der Waals surface area contributed by atoms with Gasteiger partial charge in [0.1, 0.15) is 12.4 Å². The lowest BCUT2D eigenvalue weighted by Crippen LogP contribution is -2.20. The second kappa shape index (κ2) is 4.73. The first-order valence-electron chi connectivity index (χ1n) is 4.95. The van der Waals surface area contributed by atoms with E-state index in [4.69, 9.17) is 4.74 Å². The summed E-state index contributed by atoms with van der Waals surface area (Å²) in [5.41, 5.74) is -0.295. The highest BCUT2D eigenvalue weighted by Gasteiger charge is 2.07. The number of hydrogen-bond acceptors (Lipinski definition) is 4. The fourth-order valence-electron chi connectivity index (χ4n) is 1.31. The molecule has 2 aromatic heterocycles. The molecular weight excluding hydrogens is 225 g/mol. The van der Waals surface area contributed by atoms with E-state index in [0.29, 0.717) is 11.4 Å². The van der Waals surface area contributed by atoms with Gasteiger partial charge in [-0.05, 0) is 19.1 Å². The lowest BCUT2D eigenvalue weighted by atomic mass is 10.4. The minimum absolute atomic E-state index is 0.0244. The van der Waals surface area contributed by atoms with Crippen molar-refractivity contribution in [3.05, 3.63) is 52.5 Å². The summed E-state index contributed by atoms with van der Waals surface area (Å²) in [7, 11) is 0. The number of nitrogens with zero attached hydrogens (tertiary/aromatic N) is 3. The third-order valence-electron chi connectivity index (χ3n) is 2.06. The predicted octanol–water partition coefficient (Wildman–Crippen LogP) is 1.26. The Labute approximate surface area is 96.5 Å². The number of rotatable bonds is 3. The van der Waals surface area contributed by atoms with Gasteiger partial charge in [0.05, 0.1) is 6.20 Å². The van der Waals surface area contributed by atoms with Gasteiger partial charge in [0.15, 0.2) is 5.82 Å². The number of aromatic nitrogens is 3. The van der Waals surface area contributed by atoms with Crippen molar-refractivity contribution in [2.24, 2.45) is 0 Å². The van der Waals surface area contributed by atoms with Gasteiger partial charge in [-0.2, -0.15) is 0 Å². The summed E-state index contributed by atoms with van der Waals surface area (Å²) in [5.74, 6) is 0.419. The number of ether oxygens (including phenoxy) is 1. The Hall–Kier alpha value is -2.24. The summed E-state index contributed by atoms with van der Waals surface area (Å²) in [6.45, 7) is 1.49. The lowest BCUT2D eigenvalue weighted by Gasteiger charge is -2.06. The van der Waals surface area contributed by atoms with Gasteiger partial charge >= 0.3 is 0 Å². The van der Waals surface area contributed by atoms with Crippen LogP contribution in [0, 0.1) is 6.92 Å². The summed E-state index contributed by atoms with van der Waals surface area (Å²) in [5, 5.41) is 0. The third-order valence-corrected chi connectivity index (χ3v) is 2.06. The molecule has 0 amide bonds. The Kier molecular flexibility index (Phi) is 3.13. The Bertz CT molecular complexity index is 569. The molecule has 0 saturated heterocycles. The van der Waals surface area contributed by atoms with Crippen molar-refractivity contribution >= 4 is 0 Å². The molecule has 0 spiro atoms. The lowest BCUT2D eigenvalue weighted by molar-refractivity contribution is 0.244. The van der Waals surface area contributed by atoms with Crippen molar-refractivity contribution in [1.29, 1.82) is 0 Å². The standard InChI is InChI=1S/C11H10FN3O2/c1-8-5-11(16)15(12)10(14-8)7-17-9-3-2-4-13-6-9/h2-6H,7H2,1H3. The van der Waals surface area contributed by atoms with Crippen LogP contribution in [0.1, 0.15) is 11.5 Å². The van der Waals surface area contributed by atoms with Gasteiger partial charge in [0.2, 0.25) is 0 Å². The first kappa shape index (κ1) is 11.3. The average molecular weight is 235 g/mol.